The molecule has 29 heavy (non-hydrogen) atoms. The standard InChI is InChI=1S/C19H20Cl2FN3O3S/c1-13(19(26)23-18-7-4-15(22)12-17(18)21)24-8-10-25(11-9-24)29(27,28)16-5-2-14(20)3-6-16/h2-7,12-13H,8-11H2,1H3,(H,23,26). The Balaban J connectivity index is 1.60. The Kier molecular flexibility index (Phi) is 6.80. The zero-order chi connectivity index (χ0) is 21.2. The van der Waals surface area contributed by atoms with Crippen molar-refractivity contribution in [1.29, 1.82) is 0 Å². The highest BCUT2D eigenvalue weighted by Gasteiger charge is 2.31. The molecule has 1 N–H and O–H groups in total. The normalized spacial score (nSPS) is 17.1. The smallest absolute Gasteiger partial charge is 0.243 e. The second kappa shape index (κ2) is 8.97. The van der Waals surface area contributed by atoms with Crippen molar-refractivity contribution < 1.29 is 17.6 Å². The molecule has 2 aromatic rings. The summed E-state index contributed by atoms with van der Waals surface area (Å²) < 4.78 is 40.1. The molecule has 3 rings (SSSR count). The number of hydrogen-bond acceptors (Lipinski definition) is 4. The van der Waals surface area contributed by atoms with E-state index in [0.29, 0.717) is 23.8 Å². The molecule has 0 spiro atoms. The van der Waals surface area contributed by atoms with Crippen LogP contribution in [-0.4, -0.2) is 55.8 Å². The van der Waals surface area contributed by atoms with Crippen LogP contribution in [0.4, 0.5) is 10.1 Å². The van der Waals surface area contributed by atoms with E-state index >= 15 is 0 Å². The number of rotatable bonds is 5. The summed E-state index contributed by atoms with van der Waals surface area (Å²) in [6.45, 7) is 3.06. The van der Waals surface area contributed by atoms with E-state index in [1.165, 1.54) is 40.7 Å². The number of halogens is 3. The molecule has 1 saturated heterocycles. The van der Waals surface area contributed by atoms with Crippen LogP contribution in [0.5, 0.6) is 0 Å². The van der Waals surface area contributed by atoms with Crippen LogP contribution >= 0.6 is 23.2 Å². The highest BCUT2D eigenvalue weighted by molar-refractivity contribution is 7.89. The van der Waals surface area contributed by atoms with Gasteiger partial charge in [0.1, 0.15) is 5.82 Å². The van der Waals surface area contributed by atoms with Gasteiger partial charge in [-0.1, -0.05) is 23.2 Å². The molecular weight excluding hydrogens is 440 g/mol. The molecule has 6 nitrogen and oxygen atoms in total. The van der Waals surface area contributed by atoms with E-state index in [-0.39, 0.29) is 28.9 Å². The van der Waals surface area contributed by atoms with Crippen molar-refractivity contribution in [3.63, 3.8) is 0 Å². The fourth-order valence-electron chi connectivity index (χ4n) is 3.08. The Morgan fingerprint density at radius 1 is 1.07 bits per heavy atom. The van der Waals surface area contributed by atoms with Gasteiger partial charge >= 0.3 is 0 Å². The summed E-state index contributed by atoms with van der Waals surface area (Å²) in [5.74, 6) is -0.786. The van der Waals surface area contributed by atoms with Gasteiger partial charge in [-0.25, -0.2) is 12.8 Å². The van der Waals surface area contributed by atoms with Crippen LogP contribution in [0, 0.1) is 5.82 Å². The summed E-state index contributed by atoms with van der Waals surface area (Å²) in [5.41, 5.74) is 0.328. The number of amides is 1. The molecule has 0 aliphatic carbocycles. The van der Waals surface area contributed by atoms with E-state index in [0.717, 1.165) is 6.07 Å². The highest BCUT2D eigenvalue weighted by Crippen LogP contribution is 2.24. The largest absolute Gasteiger partial charge is 0.323 e. The number of nitrogens with one attached hydrogen (secondary N) is 1. The lowest BCUT2D eigenvalue weighted by atomic mass is 10.2. The molecule has 0 bridgehead atoms. The van der Waals surface area contributed by atoms with E-state index in [4.69, 9.17) is 23.2 Å². The molecule has 1 unspecified atom stereocenters. The minimum absolute atomic E-state index is 0.115. The van der Waals surface area contributed by atoms with E-state index in [1.54, 1.807) is 6.92 Å². The molecular formula is C19H20Cl2FN3O3S. The van der Waals surface area contributed by atoms with Gasteiger partial charge in [0.2, 0.25) is 15.9 Å². The van der Waals surface area contributed by atoms with Gasteiger partial charge in [-0.05, 0) is 49.4 Å². The molecule has 0 saturated carbocycles. The number of carbonyl (C=O) groups excluding carboxylic acids is 1. The van der Waals surface area contributed by atoms with Crippen molar-refractivity contribution in [2.45, 2.75) is 17.9 Å². The van der Waals surface area contributed by atoms with Crippen molar-refractivity contribution in [2.24, 2.45) is 0 Å². The third-order valence-corrected chi connectivity index (χ3v) is 7.32. The first-order valence-corrected chi connectivity index (χ1v) is 11.1. The topological polar surface area (TPSA) is 69.7 Å². The summed E-state index contributed by atoms with van der Waals surface area (Å²) in [6, 6.07) is 9.28. The zero-order valence-corrected chi connectivity index (χ0v) is 17.9. The molecule has 2 aromatic carbocycles. The van der Waals surface area contributed by atoms with E-state index in [9.17, 15) is 17.6 Å². The predicted molar refractivity (Wildman–Crippen MR) is 111 cm³/mol. The van der Waals surface area contributed by atoms with Crippen molar-refractivity contribution in [3.05, 3.63) is 58.3 Å². The lowest BCUT2D eigenvalue weighted by Crippen LogP contribution is -2.53. The predicted octanol–water partition coefficient (Wildman–Crippen LogP) is 3.47. The van der Waals surface area contributed by atoms with Gasteiger partial charge in [-0.3, -0.25) is 9.69 Å². The van der Waals surface area contributed by atoms with Crippen molar-refractivity contribution >= 4 is 44.8 Å². The lowest BCUT2D eigenvalue weighted by molar-refractivity contribution is -0.121. The first kappa shape index (κ1) is 22.0. The Labute approximate surface area is 179 Å². The average Bonchev–Trinajstić information content (AvgIpc) is 2.70. The number of piperazine rings is 1. The van der Waals surface area contributed by atoms with Gasteiger partial charge in [0.15, 0.2) is 0 Å². The molecule has 1 atom stereocenters. The van der Waals surface area contributed by atoms with Gasteiger partial charge in [0.25, 0.3) is 0 Å². The molecule has 0 radical (unpaired) electrons. The molecule has 1 heterocycles. The second-order valence-electron chi connectivity index (χ2n) is 6.68. The number of hydrogen-bond donors (Lipinski definition) is 1. The fraction of sp³-hybridized carbons (Fsp3) is 0.316. The van der Waals surface area contributed by atoms with Gasteiger partial charge in [0, 0.05) is 31.2 Å². The highest BCUT2D eigenvalue weighted by atomic mass is 35.5. The van der Waals surface area contributed by atoms with Crippen LogP contribution in [0.2, 0.25) is 10.0 Å². The van der Waals surface area contributed by atoms with Crippen LogP contribution < -0.4 is 5.32 Å². The number of benzene rings is 2. The summed E-state index contributed by atoms with van der Waals surface area (Å²) >= 11 is 11.8. The van der Waals surface area contributed by atoms with Crippen LogP contribution in [0.1, 0.15) is 6.92 Å². The zero-order valence-electron chi connectivity index (χ0n) is 15.6. The molecule has 0 aromatic heterocycles. The average molecular weight is 460 g/mol. The van der Waals surface area contributed by atoms with Crippen LogP contribution in [-0.2, 0) is 14.8 Å². The minimum Gasteiger partial charge on any atom is -0.323 e. The number of anilines is 1. The van der Waals surface area contributed by atoms with Crippen LogP contribution in [0.15, 0.2) is 47.4 Å². The van der Waals surface area contributed by atoms with Crippen molar-refractivity contribution in [2.75, 3.05) is 31.5 Å². The summed E-state index contributed by atoms with van der Waals surface area (Å²) in [4.78, 5) is 14.6. The van der Waals surface area contributed by atoms with E-state index in [2.05, 4.69) is 5.32 Å². The van der Waals surface area contributed by atoms with Gasteiger partial charge in [-0.2, -0.15) is 4.31 Å². The number of sulfonamides is 1. The first-order chi connectivity index (χ1) is 13.7. The Morgan fingerprint density at radius 2 is 1.69 bits per heavy atom. The van der Waals surface area contributed by atoms with Gasteiger partial charge in [0.05, 0.1) is 21.6 Å². The van der Waals surface area contributed by atoms with Gasteiger partial charge < -0.3 is 5.32 Å². The first-order valence-electron chi connectivity index (χ1n) is 8.94. The fourth-order valence-corrected chi connectivity index (χ4v) is 4.84. The second-order valence-corrected chi connectivity index (χ2v) is 9.46. The maximum Gasteiger partial charge on any atom is 0.243 e. The van der Waals surface area contributed by atoms with E-state index < -0.39 is 21.9 Å². The number of carbonyl (C=O) groups is 1. The van der Waals surface area contributed by atoms with Crippen molar-refractivity contribution in [3.8, 4) is 0 Å². The number of nitrogens with zero attached hydrogens (tertiary/aromatic N) is 2. The summed E-state index contributed by atoms with van der Waals surface area (Å²) in [5, 5.41) is 3.27. The molecule has 156 valence electrons. The minimum atomic E-state index is -3.61. The maximum atomic E-state index is 13.1. The molecule has 10 heteroatoms. The maximum absolute atomic E-state index is 13.1. The third kappa shape index (κ3) is 5.07. The molecule has 1 aliphatic heterocycles. The lowest BCUT2D eigenvalue weighted by Gasteiger charge is -2.36. The Bertz CT molecular complexity index is 994. The third-order valence-electron chi connectivity index (χ3n) is 4.84. The SMILES string of the molecule is CC(C(=O)Nc1ccc(F)cc1Cl)N1CCN(S(=O)(=O)c2ccc(Cl)cc2)CC1. The molecule has 1 aliphatic rings. The summed E-state index contributed by atoms with van der Waals surface area (Å²) in [7, 11) is -3.61. The summed E-state index contributed by atoms with van der Waals surface area (Å²) in [6.07, 6.45) is 0. The van der Waals surface area contributed by atoms with Crippen molar-refractivity contribution in [1.82, 2.24) is 9.21 Å². The molecule has 1 amide bonds. The van der Waals surface area contributed by atoms with Gasteiger partial charge in [-0.15, -0.1) is 0 Å². The monoisotopic (exact) mass is 459 g/mol. The van der Waals surface area contributed by atoms with E-state index in [1.807, 2.05) is 4.90 Å². The Hall–Kier alpha value is -1.71. The van der Waals surface area contributed by atoms with Crippen LogP contribution in [0.3, 0.4) is 0 Å². The molecule has 1 fully saturated rings. The Morgan fingerprint density at radius 3 is 2.28 bits per heavy atom. The quantitative estimate of drug-likeness (QED) is 0.742. The van der Waals surface area contributed by atoms with Crippen LogP contribution in [0.25, 0.3) is 0 Å².